The molecule has 5 nitrogen and oxygen atoms in total. The maximum atomic E-state index is 13.4. The fourth-order valence-corrected chi connectivity index (χ4v) is 4.85. The lowest BCUT2D eigenvalue weighted by Crippen LogP contribution is -2.34. The fraction of sp³-hybridized carbons (Fsp3) is 0.455. The van der Waals surface area contributed by atoms with Gasteiger partial charge < -0.3 is 4.42 Å². The van der Waals surface area contributed by atoms with Crippen LogP contribution in [0.2, 0.25) is 0 Å². The molecule has 2 aliphatic rings. The molecule has 34 heavy (non-hydrogen) atoms. The summed E-state index contributed by atoms with van der Waals surface area (Å²) in [7, 11) is 0. The second-order valence-corrected chi connectivity index (χ2v) is 9.05. The van der Waals surface area contributed by atoms with Gasteiger partial charge in [-0.15, -0.1) is 0 Å². The lowest BCUT2D eigenvalue weighted by Gasteiger charge is -2.32. The summed E-state index contributed by atoms with van der Waals surface area (Å²) in [6, 6.07) is 1.86. The summed E-state index contributed by atoms with van der Waals surface area (Å²) in [5, 5.41) is 3.26. The van der Waals surface area contributed by atoms with Gasteiger partial charge in [0.25, 0.3) is 0 Å². The van der Waals surface area contributed by atoms with Crippen LogP contribution in [-0.2, 0) is 25.4 Å². The summed E-state index contributed by atoms with van der Waals surface area (Å²) in [6.45, 7) is 1.48. The number of halogens is 6. The average molecular weight is 505 g/mol. The Labute approximate surface area is 196 Å². The molecule has 3 heterocycles. The number of nitrogens with zero attached hydrogens (tertiary/aromatic N) is 3. The van der Waals surface area contributed by atoms with E-state index in [1.165, 1.54) is 18.0 Å². The van der Waals surface area contributed by atoms with Crippen LogP contribution in [0.1, 0.15) is 35.4 Å². The maximum absolute atomic E-state index is 13.4. The van der Waals surface area contributed by atoms with Gasteiger partial charge in [0.05, 0.1) is 29.4 Å². The number of likely N-dealkylation sites (tertiary alicyclic amines) is 1. The van der Waals surface area contributed by atoms with E-state index in [0.717, 1.165) is 23.8 Å². The standard InChI is InChI=1S/C22H22F6N4OS/c23-21(24,25)16-2-1-15(17(10-16)22(26,27)28)12-32-6-3-14(4-7-32)9-18-20(31-13-34-18)30-11-19-29-5-8-33-19/h1-2,5,8-10,13-14,20,30H,3-4,6-7,11-12H2/b18-9-. The Morgan fingerprint density at radius 3 is 2.53 bits per heavy atom. The van der Waals surface area contributed by atoms with Crippen LogP contribution in [0.25, 0.3) is 0 Å². The van der Waals surface area contributed by atoms with Crippen molar-refractivity contribution in [1.29, 1.82) is 0 Å². The molecule has 4 rings (SSSR count). The molecule has 1 fully saturated rings. The molecule has 0 saturated carbocycles. The summed E-state index contributed by atoms with van der Waals surface area (Å²) in [5.41, 5.74) is -0.910. The largest absolute Gasteiger partial charge is 0.448 e. The Hall–Kier alpha value is -2.31. The number of aliphatic imine (C=N–C) groups is 1. The van der Waals surface area contributed by atoms with E-state index in [1.54, 1.807) is 11.7 Å². The number of nitrogens with one attached hydrogen (secondary N) is 1. The van der Waals surface area contributed by atoms with Crippen LogP contribution in [0.5, 0.6) is 0 Å². The van der Waals surface area contributed by atoms with Crippen LogP contribution < -0.4 is 5.32 Å². The molecular weight excluding hydrogens is 482 g/mol. The number of benzene rings is 1. The molecule has 0 radical (unpaired) electrons. The average Bonchev–Trinajstić information content (AvgIpc) is 3.44. The monoisotopic (exact) mass is 504 g/mol. The van der Waals surface area contributed by atoms with Gasteiger partial charge >= 0.3 is 12.4 Å². The number of allylic oxidation sites excluding steroid dienone is 1. The Morgan fingerprint density at radius 1 is 1.12 bits per heavy atom. The number of aromatic nitrogens is 1. The topological polar surface area (TPSA) is 53.7 Å². The first kappa shape index (κ1) is 24.8. The molecule has 1 atom stereocenters. The molecule has 12 heteroatoms. The van der Waals surface area contributed by atoms with Crippen LogP contribution in [0.4, 0.5) is 26.3 Å². The van der Waals surface area contributed by atoms with Crippen molar-refractivity contribution in [3.8, 4) is 0 Å². The molecule has 1 unspecified atom stereocenters. The van der Waals surface area contributed by atoms with E-state index in [2.05, 4.69) is 21.4 Å². The molecule has 0 bridgehead atoms. The summed E-state index contributed by atoms with van der Waals surface area (Å²) < 4.78 is 84.2. The van der Waals surface area contributed by atoms with E-state index in [0.29, 0.717) is 31.6 Å². The first-order chi connectivity index (χ1) is 16.1. The van der Waals surface area contributed by atoms with Crippen LogP contribution in [-0.4, -0.2) is 34.7 Å². The Bertz CT molecular complexity index is 1030. The lowest BCUT2D eigenvalue weighted by atomic mass is 9.95. The predicted octanol–water partition coefficient (Wildman–Crippen LogP) is 5.70. The molecular formula is C22H22F6N4OS. The summed E-state index contributed by atoms with van der Waals surface area (Å²) in [5.74, 6) is 0.794. The third-order valence-electron chi connectivity index (χ3n) is 5.77. The number of piperidine rings is 1. The zero-order valence-electron chi connectivity index (χ0n) is 17.9. The third-order valence-corrected chi connectivity index (χ3v) is 6.63. The van der Waals surface area contributed by atoms with Gasteiger partial charge in [-0.1, -0.05) is 23.9 Å². The van der Waals surface area contributed by atoms with E-state index < -0.39 is 23.5 Å². The van der Waals surface area contributed by atoms with E-state index in [9.17, 15) is 26.3 Å². The van der Waals surface area contributed by atoms with Crippen molar-refractivity contribution in [1.82, 2.24) is 15.2 Å². The molecule has 184 valence electrons. The molecule has 1 N–H and O–H groups in total. The van der Waals surface area contributed by atoms with E-state index in [4.69, 9.17) is 4.42 Å². The Balaban J connectivity index is 1.35. The highest BCUT2D eigenvalue weighted by atomic mass is 32.2. The smallest absolute Gasteiger partial charge is 0.416 e. The highest BCUT2D eigenvalue weighted by Crippen LogP contribution is 2.38. The van der Waals surface area contributed by atoms with Crippen molar-refractivity contribution in [3.05, 3.63) is 64.2 Å². The highest BCUT2D eigenvalue weighted by Gasteiger charge is 2.38. The molecule has 1 aromatic carbocycles. The second kappa shape index (κ2) is 10.1. The number of thioether (sulfide) groups is 1. The van der Waals surface area contributed by atoms with Crippen molar-refractivity contribution < 1.29 is 30.8 Å². The predicted molar refractivity (Wildman–Crippen MR) is 116 cm³/mol. The van der Waals surface area contributed by atoms with Gasteiger partial charge in [0.2, 0.25) is 5.89 Å². The Kier molecular flexibility index (Phi) is 7.39. The molecule has 0 amide bonds. The SMILES string of the molecule is FC(F)(F)c1ccc(CN2CCC(/C=C3\SC=NC3NCc3ncco3)CC2)c(C(F)(F)F)c1. The maximum Gasteiger partial charge on any atom is 0.416 e. The fourth-order valence-electron chi connectivity index (χ4n) is 4.00. The van der Waals surface area contributed by atoms with Gasteiger partial charge in [-0.25, -0.2) is 4.98 Å². The van der Waals surface area contributed by atoms with Gasteiger partial charge in [0.1, 0.15) is 12.4 Å². The van der Waals surface area contributed by atoms with Gasteiger partial charge in [-0.2, -0.15) is 26.3 Å². The Morgan fingerprint density at radius 2 is 1.88 bits per heavy atom. The summed E-state index contributed by atoms with van der Waals surface area (Å²) in [6.07, 6.45) is -3.21. The van der Waals surface area contributed by atoms with E-state index in [-0.39, 0.29) is 30.3 Å². The minimum atomic E-state index is -4.85. The van der Waals surface area contributed by atoms with Gasteiger partial charge in [-0.3, -0.25) is 15.2 Å². The highest BCUT2D eigenvalue weighted by molar-refractivity contribution is 8.15. The van der Waals surface area contributed by atoms with Crippen molar-refractivity contribution in [2.24, 2.45) is 10.9 Å². The van der Waals surface area contributed by atoms with Gasteiger partial charge in [-0.05, 0) is 49.5 Å². The van der Waals surface area contributed by atoms with Gasteiger partial charge in [0.15, 0.2) is 0 Å². The molecule has 2 aliphatic heterocycles. The second-order valence-electron chi connectivity index (χ2n) is 8.13. The minimum absolute atomic E-state index is 0.0472. The lowest BCUT2D eigenvalue weighted by molar-refractivity contribution is -0.143. The van der Waals surface area contributed by atoms with Crippen molar-refractivity contribution in [2.45, 2.75) is 44.4 Å². The van der Waals surface area contributed by atoms with Crippen molar-refractivity contribution in [3.63, 3.8) is 0 Å². The van der Waals surface area contributed by atoms with Crippen LogP contribution >= 0.6 is 11.8 Å². The van der Waals surface area contributed by atoms with E-state index in [1.807, 2.05) is 4.90 Å². The normalized spacial score (nSPS) is 21.6. The van der Waals surface area contributed by atoms with Crippen LogP contribution in [0, 0.1) is 5.92 Å². The first-order valence-electron chi connectivity index (χ1n) is 10.6. The van der Waals surface area contributed by atoms with Gasteiger partial charge in [0, 0.05) is 11.4 Å². The molecule has 1 aromatic heterocycles. The van der Waals surface area contributed by atoms with Crippen molar-refractivity contribution >= 4 is 17.3 Å². The number of alkyl halides is 6. The number of rotatable bonds is 6. The zero-order chi connectivity index (χ0) is 24.3. The molecule has 1 saturated heterocycles. The quantitative estimate of drug-likeness (QED) is 0.512. The minimum Gasteiger partial charge on any atom is -0.448 e. The number of hydrogen-bond acceptors (Lipinski definition) is 6. The van der Waals surface area contributed by atoms with Crippen LogP contribution in [0.3, 0.4) is 0 Å². The molecule has 0 aliphatic carbocycles. The van der Waals surface area contributed by atoms with Crippen molar-refractivity contribution in [2.75, 3.05) is 13.1 Å². The molecule has 2 aromatic rings. The van der Waals surface area contributed by atoms with Crippen LogP contribution in [0.15, 0.2) is 51.0 Å². The molecule has 0 spiro atoms. The third kappa shape index (κ3) is 6.22. The zero-order valence-corrected chi connectivity index (χ0v) is 18.7. The summed E-state index contributed by atoms with van der Waals surface area (Å²) >= 11 is 1.52. The number of hydrogen-bond donors (Lipinski definition) is 1. The summed E-state index contributed by atoms with van der Waals surface area (Å²) in [4.78, 5) is 11.4. The number of oxazole rings is 1. The van der Waals surface area contributed by atoms with E-state index >= 15 is 0 Å². The first-order valence-corrected chi connectivity index (χ1v) is 11.5.